The molecule has 1 aromatic carbocycles. The molecule has 0 spiro atoms. The molecule has 1 aromatic heterocycles. The van der Waals surface area contributed by atoms with Crippen LogP contribution in [0.3, 0.4) is 0 Å². The van der Waals surface area contributed by atoms with E-state index in [0.717, 1.165) is 5.56 Å². The summed E-state index contributed by atoms with van der Waals surface area (Å²) in [6, 6.07) is 7.42. The lowest BCUT2D eigenvalue weighted by Gasteiger charge is -2.05. The molecule has 2 N–H and O–H groups in total. The Morgan fingerprint density at radius 2 is 2.00 bits per heavy atom. The topological polar surface area (TPSA) is 84.2 Å². The maximum atomic E-state index is 11.7. The molecule has 98 valence electrons. The zero-order valence-corrected chi connectivity index (χ0v) is 10.3. The molecule has 0 aliphatic carbocycles. The van der Waals surface area contributed by atoms with Crippen LogP contribution in [0, 0.1) is 6.92 Å². The second-order valence-corrected chi connectivity index (χ2v) is 4.15. The summed E-state index contributed by atoms with van der Waals surface area (Å²) in [4.78, 5) is 26.1. The van der Waals surface area contributed by atoms with Crippen LogP contribution in [0.25, 0.3) is 0 Å². The van der Waals surface area contributed by atoms with Crippen LogP contribution < -0.4 is 5.32 Å². The minimum atomic E-state index is -1.11. The van der Waals surface area contributed by atoms with Crippen LogP contribution in [0.2, 0.25) is 0 Å². The summed E-state index contributed by atoms with van der Waals surface area (Å²) in [5.41, 5.74) is 1.73. The van der Waals surface area contributed by atoms with Crippen molar-refractivity contribution in [2.75, 3.05) is 5.32 Å². The quantitative estimate of drug-likeness (QED) is 0.872. The van der Waals surface area contributed by atoms with E-state index in [2.05, 4.69) is 10.3 Å². The molecule has 0 atom stereocenters. The molecule has 1 heterocycles. The van der Waals surface area contributed by atoms with Gasteiger partial charge in [0.25, 0.3) is 0 Å². The van der Waals surface area contributed by atoms with E-state index >= 15 is 0 Å². The van der Waals surface area contributed by atoms with E-state index in [1.54, 1.807) is 0 Å². The molecule has 1 amide bonds. The van der Waals surface area contributed by atoms with Gasteiger partial charge in [0.15, 0.2) is 5.69 Å². The molecule has 2 rings (SSSR count). The monoisotopic (exact) mass is 259 g/mol. The number of carbonyl (C=O) groups is 2. The average Bonchev–Trinajstić information content (AvgIpc) is 2.80. The largest absolute Gasteiger partial charge is 0.476 e. The highest BCUT2D eigenvalue weighted by atomic mass is 16.4. The van der Waals surface area contributed by atoms with Crippen molar-refractivity contribution in [3.63, 3.8) is 0 Å². The fourth-order valence-electron chi connectivity index (χ4n) is 1.56. The Kier molecular flexibility index (Phi) is 3.61. The molecule has 0 saturated carbocycles. The number of benzene rings is 1. The Hall–Kier alpha value is -2.63. The maximum Gasteiger partial charge on any atom is 0.356 e. The minimum absolute atomic E-state index is 0.0220. The van der Waals surface area contributed by atoms with Crippen molar-refractivity contribution in [2.24, 2.45) is 0 Å². The van der Waals surface area contributed by atoms with Gasteiger partial charge in [0.2, 0.25) is 5.91 Å². The van der Waals surface area contributed by atoms with Gasteiger partial charge in [-0.3, -0.25) is 4.79 Å². The number of nitrogens with one attached hydrogen (secondary N) is 1. The molecular weight excluding hydrogens is 246 g/mol. The summed E-state index contributed by atoms with van der Waals surface area (Å²) in [6.07, 6.45) is 2.63. The summed E-state index contributed by atoms with van der Waals surface area (Å²) in [5, 5.41) is 11.4. The number of amides is 1. The van der Waals surface area contributed by atoms with Crippen LogP contribution in [-0.4, -0.2) is 26.5 Å². The summed E-state index contributed by atoms with van der Waals surface area (Å²) >= 11 is 0. The van der Waals surface area contributed by atoms with E-state index in [4.69, 9.17) is 5.11 Å². The third-order valence-corrected chi connectivity index (χ3v) is 2.51. The Balaban J connectivity index is 1.97. The van der Waals surface area contributed by atoms with Crippen LogP contribution in [0.5, 0.6) is 0 Å². The third kappa shape index (κ3) is 3.41. The molecule has 0 aliphatic rings. The molecule has 19 heavy (non-hydrogen) atoms. The number of hydrogen-bond donors (Lipinski definition) is 2. The SMILES string of the molecule is Cc1ccc(NC(=O)Cn2cnc(C(=O)O)c2)cc1. The van der Waals surface area contributed by atoms with E-state index in [1.165, 1.54) is 17.1 Å². The lowest BCUT2D eigenvalue weighted by atomic mass is 10.2. The van der Waals surface area contributed by atoms with E-state index in [0.29, 0.717) is 5.69 Å². The number of imidazole rings is 1. The number of rotatable bonds is 4. The fourth-order valence-corrected chi connectivity index (χ4v) is 1.56. The van der Waals surface area contributed by atoms with Crippen molar-refractivity contribution in [1.29, 1.82) is 0 Å². The Labute approximate surface area is 109 Å². The highest BCUT2D eigenvalue weighted by Crippen LogP contribution is 2.08. The summed E-state index contributed by atoms with van der Waals surface area (Å²) in [7, 11) is 0. The van der Waals surface area contributed by atoms with Crippen LogP contribution in [0.15, 0.2) is 36.8 Å². The highest BCUT2D eigenvalue weighted by Gasteiger charge is 2.09. The third-order valence-electron chi connectivity index (χ3n) is 2.51. The van der Waals surface area contributed by atoms with Gasteiger partial charge in [-0.2, -0.15) is 0 Å². The number of nitrogens with zero attached hydrogens (tertiary/aromatic N) is 2. The van der Waals surface area contributed by atoms with Gasteiger partial charge in [0.1, 0.15) is 6.54 Å². The predicted octanol–water partition coefficient (Wildman–Crippen LogP) is 1.53. The normalized spacial score (nSPS) is 10.2. The maximum absolute atomic E-state index is 11.7. The smallest absolute Gasteiger partial charge is 0.356 e. The molecule has 0 unspecified atom stereocenters. The van der Waals surface area contributed by atoms with E-state index in [-0.39, 0.29) is 18.1 Å². The first-order chi connectivity index (χ1) is 9.04. The second kappa shape index (κ2) is 5.34. The lowest BCUT2D eigenvalue weighted by Crippen LogP contribution is -2.17. The Morgan fingerprint density at radius 1 is 1.32 bits per heavy atom. The van der Waals surface area contributed by atoms with Crippen molar-refractivity contribution in [3.05, 3.63) is 48.0 Å². The predicted molar refractivity (Wildman–Crippen MR) is 69.0 cm³/mol. The molecular formula is C13H13N3O3. The number of carboxylic acid groups (broad SMARTS) is 1. The van der Waals surface area contributed by atoms with Crippen molar-refractivity contribution < 1.29 is 14.7 Å². The Morgan fingerprint density at radius 3 is 2.58 bits per heavy atom. The van der Waals surface area contributed by atoms with Crippen molar-refractivity contribution in [2.45, 2.75) is 13.5 Å². The fraction of sp³-hybridized carbons (Fsp3) is 0.154. The molecule has 2 aromatic rings. The molecule has 6 nitrogen and oxygen atoms in total. The van der Waals surface area contributed by atoms with Crippen LogP contribution in [0.4, 0.5) is 5.69 Å². The number of hydrogen-bond acceptors (Lipinski definition) is 3. The van der Waals surface area contributed by atoms with Gasteiger partial charge < -0.3 is 15.0 Å². The highest BCUT2D eigenvalue weighted by molar-refractivity contribution is 5.90. The van der Waals surface area contributed by atoms with Gasteiger partial charge in [0.05, 0.1) is 6.33 Å². The van der Waals surface area contributed by atoms with Crippen LogP contribution in [0.1, 0.15) is 16.1 Å². The van der Waals surface area contributed by atoms with Crippen LogP contribution >= 0.6 is 0 Å². The molecule has 0 bridgehead atoms. The van der Waals surface area contributed by atoms with Gasteiger partial charge in [-0.1, -0.05) is 17.7 Å². The summed E-state index contributed by atoms with van der Waals surface area (Å²) in [6.45, 7) is 1.98. The first-order valence-corrected chi connectivity index (χ1v) is 5.66. The second-order valence-electron chi connectivity index (χ2n) is 4.15. The van der Waals surface area contributed by atoms with Crippen molar-refractivity contribution >= 4 is 17.6 Å². The van der Waals surface area contributed by atoms with Crippen molar-refractivity contribution in [1.82, 2.24) is 9.55 Å². The first-order valence-electron chi connectivity index (χ1n) is 5.66. The number of aromatic carboxylic acids is 1. The standard InChI is InChI=1S/C13H13N3O3/c1-9-2-4-10(5-3-9)15-12(17)7-16-6-11(13(18)19)14-8-16/h2-6,8H,7H2,1H3,(H,15,17)(H,18,19). The first kappa shape index (κ1) is 12.8. The van der Waals surface area contributed by atoms with Gasteiger partial charge in [0, 0.05) is 11.9 Å². The van der Waals surface area contributed by atoms with Gasteiger partial charge in [-0.15, -0.1) is 0 Å². The molecule has 6 heteroatoms. The molecule has 0 aliphatic heterocycles. The number of anilines is 1. The molecule has 0 fully saturated rings. The number of aryl methyl sites for hydroxylation is 1. The van der Waals surface area contributed by atoms with Gasteiger partial charge >= 0.3 is 5.97 Å². The minimum Gasteiger partial charge on any atom is -0.476 e. The van der Waals surface area contributed by atoms with Crippen molar-refractivity contribution in [3.8, 4) is 0 Å². The van der Waals surface area contributed by atoms with Gasteiger partial charge in [-0.25, -0.2) is 9.78 Å². The summed E-state index contributed by atoms with van der Waals surface area (Å²) in [5.74, 6) is -1.35. The zero-order chi connectivity index (χ0) is 13.8. The van der Waals surface area contributed by atoms with E-state index in [1.807, 2.05) is 31.2 Å². The summed E-state index contributed by atoms with van der Waals surface area (Å²) < 4.78 is 1.42. The van der Waals surface area contributed by atoms with Crippen LogP contribution in [-0.2, 0) is 11.3 Å². The number of carbonyl (C=O) groups excluding carboxylic acids is 1. The Bertz CT molecular complexity index is 602. The molecule has 0 saturated heterocycles. The van der Waals surface area contributed by atoms with Gasteiger partial charge in [-0.05, 0) is 19.1 Å². The number of aromatic nitrogens is 2. The average molecular weight is 259 g/mol. The number of carboxylic acids is 1. The van der Waals surface area contributed by atoms with E-state index in [9.17, 15) is 9.59 Å². The zero-order valence-electron chi connectivity index (χ0n) is 10.3. The molecule has 0 radical (unpaired) electrons. The lowest BCUT2D eigenvalue weighted by molar-refractivity contribution is -0.116. The van der Waals surface area contributed by atoms with E-state index < -0.39 is 5.97 Å².